The van der Waals surface area contributed by atoms with E-state index in [2.05, 4.69) is 0 Å². The first-order valence-corrected chi connectivity index (χ1v) is 7.16. The van der Waals surface area contributed by atoms with E-state index in [0.29, 0.717) is 11.3 Å². The van der Waals surface area contributed by atoms with E-state index < -0.39 is 30.6 Å². The number of imide groups is 1. The molecule has 2 atom stereocenters. The molecule has 2 amide bonds. The standard InChI is InChI=1S/C17H16N2O4/c18-11-7-5-10(6-8-11)15(21)14(9-20)19-16(22)12-3-1-2-4-13(12)17(19)23/h1-8,14-15,20-21H,9,18H2/t14-,15-/m1/s1. The quantitative estimate of drug-likeness (QED) is 0.576. The molecule has 6 heteroatoms. The zero-order valence-electron chi connectivity index (χ0n) is 12.2. The molecule has 1 heterocycles. The maximum atomic E-state index is 12.5. The Labute approximate surface area is 132 Å². The van der Waals surface area contributed by atoms with Crippen LogP contribution >= 0.6 is 0 Å². The molecule has 0 aliphatic carbocycles. The Hall–Kier alpha value is -2.70. The lowest BCUT2D eigenvalue weighted by molar-refractivity contribution is 0.0172. The molecule has 0 saturated carbocycles. The van der Waals surface area contributed by atoms with Gasteiger partial charge in [-0.15, -0.1) is 0 Å². The van der Waals surface area contributed by atoms with Gasteiger partial charge in [0, 0.05) is 5.69 Å². The molecule has 0 radical (unpaired) electrons. The molecule has 2 aromatic carbocycles. The van der Waals surface area contributed by atoms with Crippen LogP contribution in [0, 0.1) is 0 Å². The highest BCUT2D eigenvalue weighted by Crippen LogP contribution is 2.30. The van der Waals surface area contributed by atoms with E-state index in [1.54, 1.807) is 48.5 Å². The minimum absolute atomic E-state index is 0.278. The van der Waals surface area contributed by atoms with Gasteiger partial charge in [0.1, 0.15) is 6.10 Å². The van der Waals surface area contributed by atoms with Crippen LogP contribution in [0.2, 0.25) is 0 Å². The van der Waals surface area contributed by atoms with Crippen LogP contribution in [0.3, 0.4) is 0 Å². The molecular weight excluding hydrogens is 296 g/mol. The summed E-state index contributed by atoms with van der Waals surface area (Å²) in [5.74, 6) is -1.03. The number of anilines is 1. The third kappa shape index (κ3) is 2.48. The van der Waals surface area contributed by atoms with Gasteiger partial charge >= 0.3 is 0 Å². The molecular formula is C17H16N2O4. The predicted molar refractivity (Wildman–Crippen MR) is 83.6 cm³/mol. The lowest BCUT2D eigenvalue weighted by atomic mass is 10.0. The fourth-order valence-corrected chi connectivity index (χ4v) is 2.75. The lowest BCUT2D eigenvalue weighted by Gasteiger charge is -2.29. The molecule has 0 saturated heterocycles. The number of nitrogens with zero attached hydrogens (tertiary/aromatic N) is 1. The molecule has 6 nitrogen and oxygen atoms in total. The number of nitrogen functional groups attached to an aromatic ring is 1. The number of aliphatic hydroxyl groups is 2. The second-order valence-electron chi connectivity index (χ2n) is 5.39. The van der Waals surface area contributed by atoms with Gasteiger partial charge in [-0.2, -0.15) is 0 Å². The number of carbonyl (C=O) groups excluding carboxylic acids is 2. The molecule has 0 unspecified atom stereocenters. The van der Waals surface area contributed by atoms with Crippen LogP contribution in [0.4, 0.5) is 5.69 Å². The summed E-state index contributed by atoms with van der Waals surface area (Å²) in [7, 11) is 0. The molecule has 1 aliphatic rings. The van der Waals surface area contributed by atoms with Crippen molar-refractivity contribution < 1.29 is 19.8 Å². The van der Waals surface area contributed by atoms with Crippen molar-refractivity contribution in [3.05, 3.63) is 65.2 Å². The number of rotatable bonds is 4. The summed E-state index contributed by atoms with van der Waals surface area (Å²) in [5, 5.41) is 20.2. The van der Waals surface area contributed by atoms with Gasteiger partial charge in [0.05, 0.1) is 23.8 Å². The molecule has 0 aromatic heterocycles. The van der Waals surface area contributed by atoms with Crippen molar-refractivity contribution in [2.24, 2.45) is 0 Å². The van der Waals surface area contributed by atoms with E-state index in [4.69, 9.17) is 5.73 Å². The predicted octanol–water partition coefficient (Wildman–Crippen LogP) is 0.959. The zero-order valence-corrected chi connectivity index (χ0v) is 12.2. The van der Waals surface area contributed by atoms with Gasteiger partial charge in [-0.1, -0.05) is 24.3 Å². The summed E-state index contributed by atoms with van der Waals surface area (Å²) in [6.07, 6.45) is -1.21. The first kappa shape index (κ1) is 15.2. The Bertz CT molecular complexity index is 722. The van der Waals surface area contributed by atoms with E-state index in [9.17, 15) is 19.8 Å². The maximum Gasteiger partial charge on any atom is 0.261 e. The lowest BCUT2D eigenvalue weighted by Crippen LogP contribution is -2.45. The topological polar surface area (TPSA) is 104 Å². The second kappa shape index (κ2) is 5.83. The third-order valence-electron chi connectivity index (χ3n) is 3.99. The summed E-state index contributed by atoms with van der Waals surface area (Å²) in [6, 6.07) is 11.8. The van der Waals surface area contributed by atoms with E-state index in [1.165, 1.54) is 0 Å². The number of hydrogen-bond acceptors (Lipinski definition) is 5. The highest BCUT2D eigenvalue weighted by molar-refractivity contribution is 6.21. The van der Waals surface area contributed by atoms with Crippen LogP contribution in [0.15, 0.2) is 48.5 Å². The van der Waals surface area contributed by atoms with Crippen molar-refractivity contribution in [1.29, 1.82) is 0 Å². The number of hydrogen-bond donors (Lipinski definition) is 3. The second-order valence-corrected chi connectivity index (χ2v) is 5.39. The molecule has 118 valence electrons. The Morgan fingerprint density at radius 2 is 1.48 bits per heavy atom. The van der Waals surface area contributed by atoms with Crippen LogP contribution in [0.5, 0.6) is 0 Å². The van der Waals surface area contributed by atoms with Crippen LogP contribution < -0.4 is 5.73 Å². The number of amides is 2. The van der Waals surface area contributed by atoms with Crippen molar-refractivity contribution in [3.8, 4) is 0 Å². The summed E-state index contributed by atoms with van der Waals surface area (Å²) in [6.45, 7) is -0.545. The minimum atomic E-state index is -1.21. The number of aliphatic hydroxyl groups excluding tert-OH is 2. The maximum absolute atomic E-state index is 12.5. The highest BCUT2D eigenvalue weighted by atomic mass is 16.3. The Morgan fingerprint density at radius 1 is 0.957 bits per heavy atom. The van der Waals surface area contributed by atoms with Gasteiger partial charge in [-0.05, 0) is 29.8 Å². The SMILES string of the molecule is Nc1ccc([C@@H](O)[C@@H](CO)N2C(=O)c3ccccc3C2=O)cc1. The smallest absolute Gasteiger partial charge is 0.261 e. The van der Waals surface area contributed by atoms with Crippen molar-refractivity contribution >= 4 is 17.5 Å². The molecule has 0 spiro atoms. The van der Waals surface area contributed by atoms with E-state index in [-0.39, 0.29) is 11.1 Å². The molecule has 23 heavy (non-hydrogen) atoms. The Balaban J connectivity index is 1.94. The van der Waals surface area contributed by atoms with Gasteiger partial charge in [0.2, 0.25) is 0 Å². The van der Waals surface area contributed by atoms with Gasteiger partial charge < -0.3 is 15.9 Å². The number of nitrogens with two attached hydrogens (primary N) is 1. The number of fused-ring (bicyclic) bond motifs is 1. The summed E-state index contributed by atoms with van der Waals surface area (Å²) < 4.78 is 0. The molecule has 0 bridgehead atoms. The molecule has 3 rings (SSSR count). The molecule has 0 fully saturated rings. The van der Waals surface area contributed by atoms with Crippen molar-refractivity contribution in [3.63, 3.8) is 0 Å². The highest BCUT2D eigenvalue weighted by Gasteiger charge is 2.42. The average Bonchev–Trinajstić information content (AvgIpc) is 2.82. The summed E-state index contributed by atoms with van der Waals surface area (Å²) in [4.78, 5) is 25.8. The summed E-state index contributed by atoms with van der Waals surface area (Å²) in [5.41, 5.74) is 7.16. The summed E-state index contributed by atoms with van der Waals surface area (Å²) >= 11 is 0. The Kier molecular flexibility index (Phi) is 3.85. The van der Waals surface area contributed by atoms with Crippen molar-refractivity contribution in [2.75, 3.05) is 12.3 Å². The molecule has 2 aromatic rings. The van der Waals surface area contributed by atoms with Crippen molar-refractivity contribution in [2.45, 2.75) is 12.1 Å². The zero-order chi connectivity index (χ0) is 16.6. The largest absolute Gasteiger partial charge is 0.399 e. The molecule has 4 N–H and O–H groups in total. The first-order valence-electron chi connectivity index (χ1n) is 7.16. The van der Waals surface area contributed by atoms with E-state index in [0.717, 1.165) is 4.90 Å². The van der Waals surface area contributed by atoms with E-state index >= 15 is 0 Å². The van der Waals surface area contributed by atoms with Crippen LogP contribution in [0.25, 0.3) is 0 Å². The third-order valence-corrected chi connectivity index (χ3v) is 3.99. The normalized spacial score (nSPS) is 16.3. The van der Waals surface area contributed by atoms with Crippen LogP contribution in [-0.4, -0.2) is 39.6 Å². The van der Waals surface area contributed by atoms with Gasteiger partial charge in [-0.25, -0.2) is 0 Å². The number of carbonyl (C=O) groups is 2. The van der Waals surface area contributed by atoms with Crippen LogP contribution in [-0.2, 0) is 0 Å². The Morgan fingerprint density at radius 3 is 1.96 bits per heavy atom. The minimum Gasteiger partial charge on any atom is -0.399 e. The van der Waals surface area contributed by atoms with E-state index in [1.807, 2.05) is 0 Å². The fourth-order valence-electron chi connectivity index (χ4n) is 2.75. The van der Waals surface area contributed by atoms with Gasteiger partial charge in [0.15, 0.2) is 0 Å². The average molecular weight is 312 g/mol. The monoisotopic (exact) mass is 312 g/mol. The van der Waals surface area contributed by atoms with Gasteiger partial charge in [0.25, 0.3) is 11.8 Å². The fraction of sp³-hybridized carbons (Fsp3) is 0.176. The number of benzene rings is 2. The van der Waals surface area contributed by atoms with Crippen molar-refractivity contribution in [1.82, 2.24) is 4.90 Å². The first-order chi connectivity index (χ1) is 11.0. The van der Waals surface area contributed by atoms with Gasteiger partial charge in [-0.3, -0.25) is 14.5 Å². The van der Waals surface area contributed by atoms with Crippen LogP contribution in [0.1, 0.15) is 32.4 Å². The molecule has 1 aliphatic heterocycles.